The average molecular weight is 197 g/mol. The number of hydrogen-bond acceptors (Lipinski definition) is 1. The number of benzene rings is 1. The number of carboxylic acid groups (broad SMARTS) is 1. The molecular weight excluding hydrogens is 188 g/mol. The standard InChI is InChI=1S/C10H9ClO2/c1-6(2)9-5-7(11)3-4-8(9)10(12)13/h3-5H,1H2,2H3,(H,12,13). The number of halogens is 1. The van der Waals surface area contributed by atoms with E-state index in [1.165, 1.54) is 6.07 Å². The second-order valence-corrected chi connectivity index (χ2v) is 3.21. The van der Waals surface area contributed by atoms with E-state index >= 15 is 0 Å². The van der Waals surface area contributed by atoms with Crippen LogP contribution in [0.15, 0.2) is 24.8 Å². The predicted octanol–water partition coefficient (Wildman–Crippen LogP) is 3.07. The van der Waals surface area contributed by atoms with Crippen LogP contribution in [0.5, 0.6) is 0 Å². The molecule has 0 aliphatic heterocycles. The van der Waals surface area contributed by atoms with Crippen LogP contribution in [-0.2, 0) is 0 Å². The fourth-order valence-corrected chi connectivity index (χ4v) is 1.23. The molecule has 0 heterocycles. The van der Waals surface area contributed by atoms with E-state index in [0.717, 1.165) is 0 Å². The maximum atomic E-state index is 10.8. The Morgan fingerprint density at radius 1 is 1.46 bits per heavy atom. The minimum Gasteiger partial charge on any atom is -0.478 e. The van der Waals surface area contributed by atoms with Crippen molar-refractivity contribution in [3.05, 3.63) is 40.9 Å². The van der Waals surface area contributed by atoms with Gasteiger partial charge in [0.1, 0.15) is 0 Å². The number of carbonyl (C=O) groups is 1. The van der Waals surface area contributed by atoms with E-state index in [9.17, 15) is 4.79 Å². The summed E-state index contributed by atoms with van der Waals surface area (Å²) in [6.07, 6.45) is 0. The van der Waals surface area contributed by atoms with Crippen LogP contribution in [0.3, 0.4) is 0 Å². The van der Waals surface area contributed by atoms with E-state index < -0.39 is 5.97 Å². The average Bonchev–Trinajstić information content (AvgIpc) is 2.03. The van der Waals surface area contributed by atoms with Crippen molar-refractivity contribution in [2.24, 2.45) is 0 Å². The Morgan fingerprint density at radius 2 is 2.08 bits per heavy atom. The summed E-state index contributed by atoms with van der Waals surface area (Å²) in [7, 11) is 0. The van der Waals surface area contributed by atoms with Gasteiger partial charge in [0, 0.05) is 5.02 Å². The molecule has 1 N–H and O–H groups in total. The Balaban J connectivity index is 3.35. The third-order valence-corrected chi connectivity index (χ3v) is 1.91. The molecule has 68 valence electrons. The summed E-state index contributed by atoms with van der Waals surface area (Å²) >= 11 is 5.73. The lowest BCUT2D eigenvalue weighted by atomic mass is 10.0. The van der Waals surface area contributed by atoms with Crippen LogP contribution >= 0.6 is 11.6 Å². The molecule has 0 spiro atoms. The number of rotatable bonds is 2. The predicted molar refractivity (Wildman–Crippen MR) is 53.1 cm³/mol. The van der Waals surface area contributed by atoms with Crippen LogP contribution in [0.2, 0.25) is 5.02 Å². The third-order valence-electron chi connectivity index (χ3n) is 1.67. The van der Waals surface area contributed by atoms with E-state index in [-0.39, 0.29) is 5.56 Å². The molecule has 3 heteroatoms. The quantitative estimate of drug-likeness (QED) is 0.790. The molecule has 0 saturated heterocycles. The van der Waals surface area contributed by atoms with Gasteiger partial charge in [-0.2, -0.15) is 0 Å². The Kier molecular flexibility index (Phi) is 2.73. The molecule has 0 fully saturated rings. The van der Waals surface area contributed by atoms with Gasteiger partial charge in [-0.25, -0.2) is 4.79 Å². The summed E-state index contributed by atoms with van der Waals surface area (Å²) in [4.78, 5) is 10.8. The van der Waals surface area contributed by atoms with Gasteiger partial charge in [-0.3, -0.25) is 0 Å². The smallest absolute Gasteiger partial charge is 0.336 e. The summed E-state index contributed by atoms with van der Waals surface area (Å²) in [5, 5.41) is 9.34. The molecule has 2 nitrogen and oxygen atoms in total. The van der Waals surface area contributed by atoms with E-state index in [2.05, 4.69) is 6.58 Å². The van der Waals surface area contributed by atoms with Gasteiger partial charge in [0.2, 0.25) is 0 Å². The van der Waals surface area contributed by atoms with Crippen molar-refractivity contribution in [3.63, 3.8) is 0 Å². The van der Waals surface area contributed by atoms with E-state index in [1.807, 2.05) is 0 Å². The summed E-state index contributed by atoms with van der Waals surface area (Å²) < 4.78 is 0. The normalized spacial score (nSPS) is 9.69. The molecule has 0 radical (unpaired) electrons. The maximum absolute atomic E-state index is 10.8. The lowest BCUT2D eigenvalue weighted by Gasteiger charge is -2.05. The molecule has 1 aromatic rings. The van der Waals surface area contributed by atoms with E-state index in [1.54, 1.807) is 19.1 Å². The molecule has 1 rings (SSSR count). The largest absolute Gasteiger partial charge is 0.478 e. The first-order valence-electron chi connectivity index (χ1n) is 3.71. The monoisotopic (exact) mass is 196 g/mol. The fourth-order valence-electron chi connectivity index (χ4n) is 1.06. The lowest BCUT2D eigenvalue weighted by molar-refractivity contribution is 0.0696. The molecule has 0 unspecified atom stereocenters. The van der Waals surface area contributed by atoms with Gasteiger partial charge in [-0.15, -0.1) is 0 Å². The maximum Gasteiger partial charge on any atom is 0.336 e. The number of allylic oxidation sites excluding steroid dienone is 1. The molecule has 13 heavy (non-hydrogen) atoms. The molecule has 0 amide bonds. The van der Waals surface area contributed by atoms with Gasteiger partial charge in [0.25, 0.3) is 0 Å². The van der Waals surface area contributed by atoms with Gasteiger partial charge >= 0.3 is 5.97 Å². The summed E-state index contributed by atoms with van der Waals surface area (Å²) in [5.41, 5.74) is 1.51. The summed E-state index contributed by atoms with van der Waals surface area (Å²) in [5.74, 6) is -0.963. The van der Waals surface area contributed by atoms with Crippen molar-refractivity contribution in [1.82, 2.24) is 0 Å². The minimum absolute atomic E-state index is 0.233. The summed E-state index contributed by atoms with van der Waals surface area (Å²) in [6, 6.07) is 4.64. The van der Waals surface area contributed by atoms with Crippen molar-refractivity contribution in [2.75, 3.05) is 0 Å². The lowest BCUT2D eigenvalue weighted by Crippen LogP contribution is -2.00. The zero-order valence-corrected chi connectivity index (χ0v) is 7.93. The zero-order chi connectivity index (χ0) is 10.0. The molecular formula is C10H9ClO2. The van der Waals surface area contributed by atoms with Gasteiger partial charge < -0.3 is 5.11 Å². The fraction of sp³-hybridized carbons (Fsp3) is 0.100. The first-order chi connectivity index (χ1) is 6.02. The van der Waals surface area contributed by atoms with Crippen LogP contribution in [0.4, 0.5) is 0 Å². The van der Waals surface area contributed by atoms with Crippen LogP contribution in [0.25, 0.3) is 5.57 Å². The van der Waals surface area contributed by atoms with Crippen LogP contribution in [0, 0.1) is 0 Å². The highest BCUT2D eigenvalue weighted by Gasteiger charge is 2.10. The highest BCUT2D eigenvalue weighted by atomic mass is 35.5. The first-order valence-corrected chi connectivity index (χ1v) is 4.09. The number of aromatic carboxylic acids is 1. The Hall–Kier alpha value is -1.28. The molecule has 0 bridgehead atoms. The van der Waals surface area contributed by atoms with Crippen LogP contribution in [-0.4, -0.2) is 11.1 Å². The third kappa shape index (κ3) is 2.10. The molecule has 0 aromatic heterocycles. The van der Waals surface area contributed by atoms with Gasteiger partial charge in [0.05, 0.1) is 5.56 Å². The van der Waals surface area contributed by atoms with Gasteiger partial charge in [-0.1, -0.05) is 23.8 Å². The van der Waals surface area contributed by atoms with Crippen molar-refractivity contribution in [1.29, 1.82) is 0 Å². The Morgan fingerprint density at radius 3 is 2.54 bits per heavy atom. The van der Waals surface area contributed by atoms with Crippen molar-refractivity contribution >= 4 is 23.1 Å². The number of hydrogen-bond donors (Lipinski definition) is 1. The first kappa shape index (κ1) is 9.81. The highest BCUT2D eigenvalue weighted by molar-refractivity contribution is 6.30. The highest BCUT2D eigenvalue weighted by Crippen LogP contribution is 2.21. The van der Waals surface area contributed by atoms with E-state index in [0.29, 0.717) is 16.2 Å². The van der Waals surface area contributed by atoms with Gasteiger partial charge in [0.15, 0.2) is 0 Å². The molecule has 0 aliphatic carbocycles. The molecule has 0 atom stereocenters. The molecule has 0 aliphatic rings. The topological polar surface area (TPSA) is 37.3 Å². The van der Waals surface area contributed by atoms with Crippen molar-refractivity contribution in [3.8, 4) is 0 Å². The second-order valence-electron chi connectivity index (χ2n) is 2.78. The van der Waals surface area contributed by atoms with Crippen molar-refractivity contribution in [2.45, 2.75) is 6.92 Å². The van der Waals surface area contributed by atoms with Crippen LogP contribution < -0.4 is 0 Å². The Bertz CT molecular complexity index is 369. The Labute approximate surface area is 81.5 Å². The SMILES string of the molecule is C=C(C)c1cc(Cl)ccc1C(=O)O. The van der Waals surface area contributed by atoms with Crippen LogP contribution in [0.1, 0.15) is 22.8 Å². The summed E-state index contributed by atoms with van der Waals surface area (Å²) in [6.45, 7) is 5.44. The molecule has 1 aromatic carbocycles. The number of carboxylic acids is 1. The molecule has 0 saturated carbocycles. The van der Waals surface area contributed by atoms with E-state index in [4.69, 9.17) is 16.7 Å². The minimum atomic E-state index is -0.963. The zero-order valence-electron chi connectivity index (χ0n) is 7.17. The second kappa shape index (κ2) is 3.62. The van der Waals surface area contributed by atoms with Crippen molar-refractivity contribution < 1.29 is 9.90 Å². The van der Waals surface area contributed by atoms with Gasteiger partial charge in [-0.05, 0) is 30.7 Å².